The van der Waals surface area contributed by atoms with Gasteiger partial charge in [0, 0.05) is 19.3 Å². The number of hydrogen-bond acceptors (Lipinski definition) is 3. The quantitative estimate of drug-likeness (QED) is 0.770. The predicted molar refractivity (Wildman–Crippen MR) is 57.8 cm³/mol. The smallest absolute Gasteiger partial charge is 0.322 e. The second-order valence-electron chi connectivity index (χ2n) is 3.32. The molecular weight excluding hydrogens is 216 g/mol. The summed E-state index contributed by atoms with van der Waals surface area (Å²) in [7, 11) is 1.81. The van der Waals surface area contributed by atoms with E-state index in [1.165, 1.54) is 0 Å². The molecule has 0 aromatic carbocycles. The highest BCUT2D eigenvalue weighted by molar-refractivity contribution is 6.29. The zero-order chi connectivity index (χ0) is 11.3. The molecule has 0 aliphatic heterocycles. The molecule has 0 amide bonds. The van der Waals surface area contributed by atoms with Gasteiger partial charge in [-0.05, 0) is 19.2 Å². The predicted octanol–water partition coefficient (Wildman–Crippen LogP) is 1.21. The van der Waals surface area contributed by atoms with E-state index in [4.69, 9.17) is 16.7 Å². The Labute approximate surface area is 93.5 Å². The van der Waals surface area contributed by atoms with E-state index in [0.717, 1.165) is 5.69 Å². The largest absolute Gasteiger partial charge is 0.480 e. The van der Waals surface area contributed by atoms with E-state index in [-0.39, 0.29) is 0 Å². The molecule has 0 bridgehead atoms. The highest BCUT2D eigenvalue weighted by Crippen LogP contribution is 2.03. The molecule has 0 radical (unpaired) electrons. The van der Waals surface area contributed by atoms with Crippen LogP contribution in [0.15, 0.2) is 24.4 Å². The first kappa shape index (κ1) is 11.9. The molecule has 0 spiro atoms. The van der Waals surface area contributed by atoms with Crippen molar-refractivity contribution in [3.63, 3.8) is 0 Å². The number of nitrogens with zero attached hydrogens (tertiary/aromatic N) is 2. The van der Waals surface area contributed by atoms with Gasteiger partial charge < -0.3 is 5.11 Å². The van der Waals surface area contributed by atoms with Crippen molar-refractivity contribution in [3.05, 3.63) is 30.1 Å². The summed E-state index contributed by atoms with van der Waals surface area (Å²) < 4.78 is 0. The van der Waals surface area contributed by atoms with Gasteiger partial charge in [0.1, 0.15) is 5.38 Å². The van der Waals surface area contributed by atoms with Crippen LogP contribution in [-0.4, -0.2) is 39.9 Å². The minimum absolute atomic E-state index is 0.299. The summed E-state index contributed by atoms with van der Waals surface area (Å²) in [6.45, 7) is 0.894. The van der Waals surface area contributed by atoms with Crippen LogP contribution in [0, 0.1) is 0 Å². The van der Waals surface area contributed by atoms with Gasteiger partial charge in [0.25, 0.3) is 0 Å². The van der Waals surface area contributed by atoms with Crippen molar-refractivity contribution in [2.45, 2.75) is 11.9 Å². The van der Waals surface area contributed by atoms with Crippen LogP contribution in [0.25, 0.3) is 0 Å². The zero-order valence-corrected chi connectivity index (χ0v) is 9.18. The summed E-state index contributed by atoms with van der Waals surface area (Å²) in [5.41, 5.74) is 0.897. The van der Waals surface area contributed by atoms with E-state index in [2.05, 4.69) is 4.98 Å². The molecular formula is C10H13ClN2O2. The van der Waals surface area contributed by atoms with Crippen LogP contribution in [0.3, 0.4) is 0 Å². The van der Waals surface area contributed by atoms with Crippen molar-refractivity contribution < 1.29 is 9.90 Å². The third-order valence-electron chi connectivity index (χ3n) is 1.90. The van der Waals surface area contributed by atoms with Gasteiger partial charge in [-0.25, -0.2) is 0 Å². The van der Waals surface area contributed by atoms with Crippen LogP contribution in [-0.2, 0) is 11.3 Å². The van der Waals surface area contributed by atoms with Gasteiger partial charge in [-0.1, -0.05) is 6.07 Å². The Morgan fingerprint density at radius 3 is 2.93 bits per heavy atom. The molecule has 0 saturated heterocycles. The molecule has 1 rings (SSSR count). The number of carbonyl (C=O) groups is 1. The lowest BCUT2D eigenvalue weighted by Gasteiger charge is -2.17. The first-order valence-electron chi connectivity index (χ1n) is 4.55. The van der Waals surface area contributed by atoms with Crippen LogP contribution in [0.5, 0.6) is 0 Å². The maximum absolute atomic E-state index is 10.5. The van der Waals surface area contributed by atoms with Crippen LogP contribution >= 0.6 is 11.6 Å². The molecule has 1 unspecified atom stereocenters. The summed E-state index contributed by atoms with van der Waals surface area (Å²) in [5.74, 6) is -0.996. The summed E-state index contributed by atoms with van der Waals surface area (Å²) in [4.78, 5) is 16.5. The Morgan fingerprint density at radius 2 is 2.40 bits per heavy atom. The number of carboxylic acid groups (broad SMARTS) is 1. The van der Waals surface area contributed by atoms with Crippen molar-refractivity contribution in [2.24, 2.45) is 0 Å². The number of aliphatic carboxylic acids is 1. The third-order valence-corrected chi connectivity index (χ3v) is 2.22. The number of carboxylic acids is 1. The second-order valence-corrected chi connectivity index (χ2v) is 3.85. The molecule has 0 aliphatic rings. The minimum Gasteiger partial charge on any atom is -0.480 e. The lowest BCUT2D eigenvalue weighted by Crippen LogP contribution is -2.30. The highest BCUT2D eigenvalue weighted by atomic mass is 35.5. The highest BCUT2D eigenvalue weighted by Gasteiger charge is 2.15. The number of pyridine rings is 1. The molecule has 0 saturated carbocycles. The summed E-state index contributed by atoms with van der Waals surface area (Å²) in [6.07, 6.45) is 1.71. The van der Waals surface area contributed by atoms with E-state index in [1.807, 2.05) is 30.1 Å². The van der Waals surface area contributed by atoms with Crippen molar-refractivity contribution >= 4 is 17.6 Å². The van der Waals surface area contributed by atoms with Crippen LogP contribution in [0.4, 0.5) is 0 Å². The maximum atomic E-state index is 10.5. The van der Waals surface area contributed by atoms with E-state index in [9.17, 15) is 4.79 Å². The van der Waals surface area contributed by atoms with Crippen LogP contribution in [0.2, 0.25) is 0 Å². The van der Waals surface area contributed by atoms with E-state index >= 15 is 0 Å². The summed E-state index contributed by atoms with van der Waals surface area (Å²) in [6, 6.07) is 5.62. The fourth-order valence-electron chi connectivity index (χ4n) is 1.18. The Morgan fingerprint density at radius 1 is 1.67 bits per heavy atom. The fourth-order valence-corrected chi connectivity index (χ4v) is 1.42. The van der Waals surface area contributed by atoms with Crippen LogP contribution in [0.1, 0.15) is 5.69 Å². The monoisotopic (exact) mass is 228 g/mol. The molecule has 5 heteroatoms. The topological polar surface area (TPSA) is 53.4 Å². The molecule has 15 heavy (non-hydrogen) atoms. The SMILES string of the molecule is CN(Cc1ccccn1)CC(Cl)C(=O)O. The first-order chi connectivity index (χ1) is 7.09. The van der Waals surface area contributed by atoms with Gasteiger partial charge in [0.2, 0.25) is 0 Å². The Bertz CT molecular complexity index is 318. The Balaban J connectivity index is 2.43. The number of rotatable bonds is 5. The molecule has 82 valence electrons. The molecule has 1 aromatic heterocycles. The average molecular weight is 229 g/mol. The van der Waals surface area contributed by atoms with Crippen LogP contribution < -0.4 is 0 Å². The first-order valence-corrected chi connectivity index (χ1v) is 4.98. The second kappa shape index (κ2) is 5.68. The van der Waals surface area contributed by atoms with E-state index in [1.54, 1.807) is 6.20 Å². The van der Waals surface area contributed by atoms with E-state index in [0.29, 0.717) is 13.1 Å². The summed E-state index contributed by atoms with van der Waals surface area (Å²) >= 11 is 5.62. The van der Waals surface area contributed by atoms with Crippen molar-refractivity contribution in [3.8, 4) is 0 Å². The van der Waals surface area contributed by atoms with Gasteiger partial charge in [0.15, 0.2) is 0 Å². The lowest BCUT2D eigenvalue weighted by atomic mass is 10.3. The van der Waals surface area contributed by atoms with Gasteiger partial charge in [-0.3, -0.25) is 14.7 Å². The Kier molecular flexibility index (Phi) is 4.52. The molecule has 0 fully saturated rings. The van der Waals surface area contributed by atoms with Crippen molar-refractivity contribution in [2.75, 3.05) is 13.6 Å². The molecule has 1 N–H and O–H groups in total. The molecule has 1 aromatic rings. The normalized spacial score (nSPS) is 12.7. The molecule has 1 atom stereocenters. The lowest BCUT2D eigenvalue weighted by molar-refractivity contribution is -0.136. The van der Waals surface area contributed by atoms with Crippen molar-refractivity contribution in [1.29, 1.82) is 0 Å². The molecule has 4 nitrogen and oxygen atoms in total. The standard InChI is InChI=1S/C10H13ClN2O2/c1-13(7-9(11)10(14)15)6-8-4-2-3-5-12-8/h2-5,9H,6-7H2,1H3,(H,14,15). The average Bonchev–Trinajstić information content (AvgIpc) is 2.18. The zero-order valence-electron chi connectivity index (χ0n) is 8.43. The summed E-state index contributed by atoms with van der Waals surface area (Å²) in [5, 5.41) is 7.75. The minimum atomic E-state index is -0.996. The van der Waals surface area contributed by atoms with Gasteiger partial charge >= 0.3 is 5.97 Å². The number of hydrogen-bond donors (Lipinski definition) is 1. The maximum Gasteiger partial charge on any atom is 0.322 e. The molecule has 0 aliphatic carbocycles. The molecule has 1 heterocycles. The number of alkyl halides is 1. The Hall–Kier alpha value is -1.13. The number of aromatic nitrogens is 1. The van der Waals surface area contributed by atoms with Gasteiger partial charge in [0.05, 0.1) is 5.69 Å². The van der Waals surface area contributed by atoms with Crippen molar-refractivity contribution in [1.82, 2.24) is 9.88 Å². The van der Waals surface area contributed by atoms with E-state index < -0.39 is 11.3 Å². The van der Waals surface area contributed by atoms with Gasteiger partial charge in [-0.15, -0.1) is 11.6 Å². The van der Waals surface area contributed by atoms with Gasteiger partial charge in [-0.2, -0.15) is 0 Å². The third kappa shape index (κ3) is 4.27. The number of halogens is 1. The fraction of sp³-hybridized carbons (Fsp3) is 0.400.